The molecule has 1 aliphatic rings. The van der Waals surface area contributed by atoms with Crippen LogP contribution in [0.5, 0.6) is 0 Å². The van der Waals surface area contributed by atoms with Crippen molar-refractivity contribution in [1.29, 1.82) is 0 Å². The number of anilines is 1. The number of hydrogen-bond acceptors (Lipinski definition) is 5. The van der Waals surface area contributed by atoms with Crippen LogP contribution in [0, 0.1) is 0 Å². The van der Waals surface area contributed by atoms with Crippen LogP contribution in [0.2, 0.25) is 0 Å². The Hall–Kier alpha value is -2.96. The smallest absolute Gasteiger partial charge is 0.237 e. The van der Waals surface area contributed by atoms with Crippen molar-refractivity contribution in [3.63, 3.8) is 0 Å². The molecule has 6 heteroatoms. The highest BCUT2D eigenvalue weighted by molar-refractivity contribution is 5.82. The molecular weight excluding hydrogens is 350 g/mol. The molecule has 1 saturated heterocycles. The first kappa shape index (κ1) is 17.2. The number of para-hydroxylation sites is 2. The first-order valence-electron chi connectivity index (χ1n) is 9.76. The summed E-state index contributed by atoms with van der Waals surface area (Å²) in [7, 11) is 0. The van der Waals surface area contributed by atoms with Crippen molar-refractivity contribution in [3.05, 3.63) is 60.7 Å². The SMILES string of the molecule is c1ccc(-c2cc(NCCN3CCOCC3)n3c(n2)nc2ccccc23)cc1. The molecule has 4 aromatic rings. The minimum atomic E-state index is 0.719. The summed E-state index contributed by atoms with van der Waals surface area (Å²) < 4.78 is 7.55. The Morgan fingerprint density at radius 3 is 2.57 bits per heavy atom. The Morgan fingerprint density at radius 1 is 0.929 bits per heavy atom. The summed E-state index contributed by atoms with van der Waals surface area (Å²) in [6.45, 7) is 5.49. The maximum atomic E-state index is 5.44. The van der Waals surface area contributed by atoms with E-state index in [1.165, 1.54) is 0 Å². The van der Waals surface area contributed by atoms with Gasteiger partial charge in [0.1, 0.15) is 5.82 Å². The zero-order valence-electron chi connectivity index (χ0n) is 15.7. The fourth-order valence-electron chi connectivity index (χ4n) is 3.71. The Balaban J connectivity index is 1.52. The summed E-state index contributed by atoms with van der Waals surface area (Å²) in [4.78, 5) is 12.0. The second kappa shape index (κ2) is 7.58. The normalized spacial score (nSPS) is 15.3. The molecule has 0 aliphatic carbocycles. The van der Waals surface area contributed by atoms with Gasteiger partial charge in [0.05, 0.1) is 29.9 Å². The van der Waals surface area contributed by atoms with Gasteiger partial charge in [-0.05, 0) is 12.1 Å². The van der Waals surface area contributed by atoms with Crippen LogP contribution in [0.3, 0.4) is 0 Å². The van der Waals surface area contributed by atoms with Crippen molar-refractivity contribution in [1.82, 2.24) is 19.3 Å². The summed E-state index contributed by atoms with van der Waals surface area (Å²) in [5.41, 5.74) is 4.04. The standard InChI is InChI=1S/C22H23N5O/c1-2-6-17(7-3-1)19-16-21(23-10-11-26-12-14-28-15-13-26)27-20-9-5-4-8-18(20)24-22(27)25-19/h1-9,16,23H,10-15H2. The maximum absolute atomic E-state index is 5.44. The number of imidazole rings is 1. The van der Waals surface area contributed by atoms with Gasteiger partial charge in [-0.2, -0.15) is 0 Å². The molecule has 6 nitrogen and oxygen atoms in total. The summed E-state index contributed by atoms with van der Waals surface area (Å²) in [6.07, 6.45) is 0. The van der Waals surface area contributed by atoms with Crippen LogP contribution in [0.4, 0.5) is 5.82 Å². The second-order valence-electron chi connectivity index (χ2n) is 7.01. The van der Waals surface area contributed by atoms with E-state index in [1.807, 2.05) is 36.4 Å². The van der Waals surface area contributed by atoms with E-state index in [2.05, 4.69) is 38.9 Å². The molecule has 0 unspecified atom stereocenters. The number of hydrogen-bond donors (Lipinski definition) is 1. The van der Waals surface area contributed by atoms with Crippen molar-refractivity contribution in [3.8, 4) is 11.3 Å². The summed E-state index contributed by atoms with van der Waals surface area (Å²) in [5, 5.41) is 3.62. The number of morpholine rings is 1. The third-order valence-electron chi connectivity index (χ3n) is 5.19. The lowest BCUT2D eigenvalue weighted by Gasteiger charge is -2.26. The van der Waals surface area contributed by atoms with Crippen molar-refractivity contribution < 1.29 is 4.74 Å². The third kappa shape index (κ3) is 3.32. The zero-order valence-corrected chi connectivity index (χ0v) is 15.7. The lowest BCUT2D eigenvalue weighted by atomic mass is 10.1. The fraction of sp³-hybridized carbons (Fsp3) is 0.273. The number of aromatic nitrogens is 3. The molecular formula is C22H23N5O. The summed E-state index contributed by atoms with van der Waals surface area (Å²) in [5.74, 6) is 1.74. The highest BCUT2D eigenvalue weighted by Gasteiger charge is 2.14. The molecule has 2 aromatic heterocycles. The van der Waals surface area contributed by atoms with Gasteiger partial charge in [0, 0.05) is 37.8 Å². The quantitative estimate of drug-likeness (QED) is 0.582. The highest BCUT2D eigenvalue weighted by Crippen LogP contribution is 2.26. The Bertz CT molecular complexity index is 1090. The summed E-state index contributed by atoms with van der Waals surface area (Å²) >= 11 is 0. The van der Waals surface area contributed by atoms with E-state index >= 15 is 0 Å². The molecule has 3 heterocycles. The number of nitrogens with zero attached hydrogens (tertiary/aromatic N) is 4. The molecule has 0 amide bonds. The number of fused-ring (bicyclic) bond motifs is 3. The van der Waals surface area contributed by atoms with Crippen LogP contribution < -0.4 is 5.32 Å². The van der Waals surface area contributed by atoms with Gasteiger partial charge < -0.3 is 10.1 Å². The van der Waals surface area contributed by atoms with Gasteiger partial charge in [-0.1, -0.05) is 42.5 Å². The molecule has 0 spiro atoms. The minimum absolute atomic E-state index is 0.719. The van der Waals surface area contributed by atoms with Crippen molar-refractivity contribution in [2.24, 2.45) is 0 Å². The van der Waals surface area contributed by atoms with Crippen LogP contribution in [0.15, 0.2) is 60.7 Å². The molecule has 0 saturated carbocycles. The van der Waals surface area contributed by atoms with E-state index in [1.54, 1.807) is 0 Å². The molecule has 1 aliphatic heterocycles. The van der Waals surface area contributed by atoms with Gasteiger partial charge >= 0.3 is 0 Å². The van der Waals surface area contributed by atoms with E-state index in [4.69, 9.17) is 14.7 Å². The molecule has 1 N–H and O–H groups in total. The third-order valence-corrected chi connectivity index (χ3v) is 5.19. The predicted octanol–water partition coefficient (Wildman–Crippen LogP) is 3.29. The van der Waals surface area contributed by atoms with Crippen LogP contribution in [0.25, 0.3) is 28.1 Å². The van der Waals surface area contributed by atoms with Crippen LogP contribution >= 0.6 is 0 Å². The van der Waals surface area contributed by atoms with E-state index < -0.39 is 0 Å². The Morgan fingerprint density at radius 2 is 1.71 bits per heavy atom. The van der Waals surface area contributed by atoms with Crippen molar-refractivity contribution >= 4 is 22.6 Å². The van der Waals surface area contributed by atoms with Gasteiger partial charge in [-0.15, -0.1) is 0 Å². The van der Waals surface area contributed by atoms with E-state index in [0.29, 0.717) is 0 Å². The lowest BCUT2D eigenvalue weighted by Crippen LogP contribution is -2.39. The number of benzene rings is 2. The summed E-state index contributed by atoms with van der Waals surface area (Å²) in [6, 6.07) is 20.6. The molecule has 5 rings (SSSR count). The lowest BCUT2D eigenvalue weighted by molar-refractivity contribution is 0.0398. The molecule has 1 fully saturated rings. The van der Waals surface area contributed by atoms with Gasteiger partial charge in [0.15, 0.2) is 0 Å². The Kier molecular flexibility index (Phi) is 4.64. The largest absolute Gasteiger partial charge is 0.379 e. The van der Waals surface area contributed by atoms with Gasteiger partial charge in [-0.3, -0.25) is 9.30 Å². The maximum Gasteiger partial charge on any atom is 0.237 e. The molecule has 2 aromatic carbocycles. The van der Waals surface area contributed by atoms with Gasteiger partial charge in [0.25, 0.3) is 0 Å². The molecule has 0 bridgehead atoms. The molecule has 0 atom stereocenters. The monoisotopic (exact) mass is 373 g/mol. The topological polar surface area (TPSA) is 54.7 Å². The number of nitrogens with one attached hydrogen (secondary N) is 1. The van der Waals surface area contributed by atoms with Crippen LogP contribution in [0.1, 0.15) is 0 Å². The van der Waals surface area contributed by atoms with Gasteiger partial charge in [0.2, 0.25) is 5.78 Å². The molecule has 0 radical (unpaired) electrons. The second-order valence-corrected chi connectivity index (χ2v) is 7.01. The first-order valence-corrected chi connectivity index (χ1v) is 9.76. The number of ether oxygens (including phenoxy) is 1. The van der Waals surface area contributed by atoms with Crippen LogP contribution in [-0.2, 0) is 4.74 Å². The minimum Gasteiger partial charge on any atom is -0.379 e. The average molecular weight is 373 g/mol. The molecule has 28 heavy (non-hydrogen) atoms. The van der Waals surface area contributed by atoms with Gasteiger partial charge in [-0.25, -0.2) is 9.97 Å². The highest BCUT2D eigenvalue weighted by atomic mass is 16.5. The molecule has 142 valence electrons. The predicted molar refractivity (Wildman–Crippen MR) is 112 cm³/mol. The van der Waals surface area contributed by atoms with E-state index in [0.717, 1.165) is 73.3 Å². The fourth-order valence-corrected chi connectivity index (χ4v) is 3.71. The van der Waals surface area contributed by atoms with Crippen LogP contribution in [-0.4, -0.2) is 58.7 Å². The average Bonchev–Trinajstić information content (AvgIpc) is 3.14. The first-order chi connectivity index (χ1) is 13.9. The van der Waals surface area contributed by atoms with E-state index in [9.17, 15) is 0 Å². The zero-order chi connectivity index (χ0) is 18.8. The number of rotatable bonds is 5. The van der Waals surface area contributed by atoms with Crippen molar-refractivity contribution in [2.45, 2.75) is 0 Å². The Labute approximate surface area is 163 Å². The van der Waals surface area contributed by atoms with Crippen molar-refractivity contribution in [2.75, 3.05) is 44.7 Å². The van der Waals surface area contributed by atoms with E-state index in [-0.39, 0.29) is 0 Å².